The van der Waals surface area contributed by atoms with Crippen molar-refractivity contribution in [1.29, 1.82) is 0 Å². The van der Waals surface area contributed by atoms with Crippen molar-refractivity contribution in [2.45, 2.75) is 13.0 Å². The molecular formula is C21H24N4O. The quantitative estimate of drug-likeness (QED) is 0.754. The molecule has 5 heteroatoms. The molecule has 5 nitrogen and oxygen atoms in total. The Hall–Kier alpha value is -2.79. The fourth-order valence-electron chi connectivity index (χ4n) is 3.54. The van der Waals surface area contributed by atoms with Crippen molar-refractivity contribution in [2.24, 2.45) is 0 Å². The molecule has 0 radical (unpaired) electrons. The van der Waals surface area contributed by atoms with Gasteiger partial charge in [-0.25, -0.2) is 4.79 Å². The van der Waals surface area contributed by atoms with E-state index < -0.39 is 0 Å². The monoisotopic (exact) mass is 348 g/mol. The van der Waals surface area contributed by atoms with E-state index in [0.717, 1.165) is 55.7 Å². The number of carbonyl (C=O) groups is 1. The van der Waals surface area contributed by atoms with Gasteiger partial charge in [-0.3, -0.25) is 4.90 Å². The topological polar surface area (TPSA) is 51.4 Å². The summed E-state index contributed by atoms with van der Waals surface area (Å²) in [4.78, 5) is 20.3. The molecule has 0 unspecified atom stereocenters. The van der Waals surface area contributed by atoms with E-state index in [4.69, 9.17) is 0 Å². The molecule has 26 heavy (non-hydrogen) atoms. The SMILES string of the molecule is O=C(Nc1c[nH]c2ccccc12)N1CCCN(Cc2ccccc2)CC1. The number of para-hydroxylation sites is 1. The van der Waals surface area contributed by atoms with Crippen LogP contribution in [0.4, 0.5) is 10.5 Å². The molecule has 2 amide bonds. The van der Waals surface area contributed by atoms with Crippen molar-refractivity contribution in [3.8, 4) is 0 Å². The van der Waals surface area contributed by atoms with E-state index in [0.29, 0.717) is 0 Å². The number of aromatic amines is 1. The minimum absolute atomic E-state index is 0.0173. The van der Waals surface area contributed by atoms with Crippen LogP contribution in [0.25, 0.3) is 10.9 Å². The molecule has 2 aromatic carbocycles. The molecule has 1 aliphatic heterocycles. The molecule has 0 saturated carbocycles. The molecule has 3 aromatic rings. The number of urea groups is 1. The van der Waals surface area contributed by atoms with Crippen LogP contribution < -0.4 is 5.32 Å². The molecule has 4 rings (SSSR count). The van der Waals surface area contributed by atoms with Gasteiger partial charge >= 0.3 is 6.03 Å². The number of aromatic nitrogens is 1. The van der Waals surface area contributed by atoms with E-state index in [9.17, 15) is 4.79 Å². The fraction of sp³-hybridized carbons (Fsp3) is 0.286. The van der Waals surface area contributed by atoms with E-state index >= 15 is 0 Å². The predicted molar refractivity (Wildman–Crippen MR) is 105 cm³/mol. The third kappa shape index (κ3) is 3.73. The summed E-state index contributed by atoms with van der Waals surface area (Å²) in [5.41, 5.74) is 3.20. The number of nitrogens with zero attached hydrogens (tertiary/aromatic N) is 2. The Balaban J connectivity index is 1.37. The van der Waals surface area contributed by atoms with Gasteiger partial charge in [-0.2, -0.15) is 0 Å². The van der Waals surface area contributed by atoms with Crippen LogP contribution in [0.2, 0.25) is 0 Å². The first-order valence-electron chi connectivity index (χ1n) is 9.18. The summed E-state index contributed by atoms with van der Waals surface area (Å²) in [5, 5.41) is 4.11. The first-order valence-corrected chi connectivity index (χ1v) is 9.18. The molecule has 2 heterocycles. The standard InChI is InChI=1S/C21H24N4O/c26-21(23-20-15-22-19-10-5-4-9-18(19)20)25-12-6-11-24(13-14-25)16-17-7-2-1-3-8-17/h1-5,7-10,15,22H,6,11-14,16H2,(H,23,26). The maximum absolute atomic E-state index is 12.7. The van der Waals surface area contributed by atoms with E-state index in [1.165, 1.54) is 5.56 Å². The van der Waals surface area contributed by atoms with E-state index in [2.05, 4.69) is 39.5 Å². The molecule has 1 saturated heterocycles. The maximum atomic E-state index is 12.7. The van der Waals surface area contributed by atoms with Crippen molar-refractivity contribution in [1.82, 2.24) is 14.8 Å². The van der Waals surface area contributed by atoms with Gasteiger partial charge in [0.05, 0.1) is 5.69 Å². The summed E-state index contributed by atoms with van der Waals surface area (Å²) in [5.74, 6) is 0. The molecule has 1 fully saturated rings. The lowest BCUT2D eigenvalue weighted by Crippen LogP contribution is -2.37. The van der Waals surface area contributed by atoms with Crippen LogP contribution in [0.1, 0.15) is 12.0 Å². The average molecular weight is 348 g/mol. The molecule has 0 atom stereocenters. The Morgan fingerprint density at radius 3 is 2.65 bits per heavy atom. The van der Waals surface area contributed by atoms with E-state index in [-0.39, 0.29) is 6.03 Å². The zero-order chi connectivity index (χ0) is 17.8. The number of anilines is 1. The van der Waals surface area contributed by atoms with Crippen molar-refractivity contribution in [3.05, 3.63) is 66.4 Å². The van der Waals surface area contributed by atoms with Gasteiger partial charge < -0.3 is 15.2 Å². The largest absolute Gasteiger partial charge is 0.359 e. The van der Waals surface area contributed by atoms with E-state index in [1.54, 1.807) is 0 Å². The first-order chi connectivity index (χ1) is 12.8. The summed E-state index contributed by atoms with van der Waals surface area (Å²) in [6, 6.07) is 18.5. The zero-order valence-electron chi connectivity index (χ0n) is 14.8. The van der Waals surface area contributed by atoms with Crippen LogP contribution in [-0.4, -0.2) is 47.0 Å². The van der Waals surface area contributed by atoms with Crippen LogP contribution in [0.5, 0.6) is 0 Å². The van der Waals surface area contributed by atoms with Crippen molar-refractivity contribution < 1.29 is 4.79 Å². The average Bonchev–Trinajstić information content (AvgIpc) is 2.92. The molecule has 0 spiro atoms. The normalized spacial score (nSPS) is 15.8. The number of carbonyl (C=O) groups excluding carboxylic acids is 1. The van der Waals surface area contributed by atoms with E-state index in [1.807, 2.05) is 41.4 Å². The van der Waals surface area contributed by atoms with Gasteiger partial charge in [0.1, 0.15) is 0 Å². The molecule has 0 bridgehead atoms. The Kier molecular flexibility index (Phi) is 4.88. The third-order valence-corrected chi connectivity index (χ3v) is 4.96. The number of H-pyrrole nitrogens is 1. The van der Waals surface area contributed by atoms with Gasteiger partial charge in [-0.05, 0) is 18.1 Å². The molecule has 1 aliphatic rings. The predicted octanol–water partition coefficient (Wildman–Crippen LogP) is 3.91. The summed E-state index contributed by atoms with van der Waals surface area (Å²) >= 11 is 0. The minimum atomic E-state index is -0.0173. The Bertz CT molecular complexity index is 874. The van der Waals surface area contributed by atoms with Crippen molar-refractivity contribution >= 4 is 22.6 Å². The van der Waals surface area contributed by atoms with Crippen LogP contribution in [0.3, 0.4) is 0 Å². The van der Waals surface area contributed by atoms with Crippen LogP contribution in [0, 0.1) is 0 Å². The minimum Gasteiger partial charge on any atom is -0.359 e. The summed E-state index contributed by atoms with van der Waals surface area (Å²) in [6.45, 7) is 4.40. The number of amides is 2. The third-order valence-electron chi connectivity index (χ3n) is 4.96. The maximum Gasteiger partial charge on any atom is 0.321 e. The molecule has 2 N–H and O–H groups in total. The molecule has 1 aromatic heterocycles. The summed E-state index contributed by atoms with van der Waals surface area (Å²) in [6.07, 6.45) is 2.86. The van der Waals surface area contributed by atoms with Gasteiger partial charge in [-0.15, -0.1) is 0 Å². The van der Waals surface area contributed by atoms with Gasteiger partial charge in [0, 0.05) is 49.8 Å². The molecule has 0 aliphatic carbocycles. The van der Waals surface area contributed by atoms with Gasteiger partial charge in [0.2, 0.25) is 0 Å². The number of benzene rings is 2. The van der Waals surface area contributed by atoms with Gasteiger partial charge in [0.25, 0.3) is 0 Å². The van der Waals surface area contributed by atoms with Crippen LogP contribution >= 0.6 is 0 Å². The highest BCUT2D eigenvalue weighted by Crippen LogP contribution is 2.23. The van der Waals surface area contributed by atoms with Crippen molar-refractivity contribution in [2.75, 3.05) is 31.5 Å². The van der Waals surface area contributed by atoms with Crippen molar-refractivity contribution in [3.63, 3.8) is 0 Å². The first kappa shape index (κ1) is 16.7. The lowest BCUT2D eigenvalue weighted by atomic mass is 10.2. The highest BCUT2D eigenvalue weighted by molar-refractivity contribution is 6.00. The Morgan fingerprint density at radius 1 is 0.962 bits per heavy atom. The number of fused-ring (bicyclic) bond motifs is 1. The Labute approximate surface area is 153 Å². The molecular weight excluding hydrogens is 324 g/mol. The summed E-state index contributed by atoms with van der Waals surface area (Å²) in [7, 11) is 0. The summed E-state index contributed by atoms with van der Waals surface area (Å²) < 4.78 is 0. The smallest absolute Gasteiger partial charge is 0.321 e. The van der Waals surface area contributed by atoms with Crippen LogP contribution in [-0.2, 0) is 6.54 Å². The number of nitrogens with one attached hydrogen (secondary N) is 2. The highest BCUT2D eigenvalue weighted by Gasteiger charge is 2.20. The zero-order valence-corrected chi connectivity index (χ0v) is 14.8. The second-order valence-corrected chi connectivity index (χ2v) is 6.78. The Morgan fingerprint density at radius 2 is 1.77 bits per heavy atom. The highest BCUT2D eigenvalue weighted by atomic mass is 16.2. The number of rotatable bonds is 3. The van der Waals surface area contributed by atoms with Gasteiger partial charge in [-0.1, -0.05) is 48.5 Å². The lowest BCUT2D eigenvalue weighted by molar-refractivity contribution is 0.211. The lowest BCUT2D eigenvalue weighted by Gasteiger charge is -2.22. The number of hydrogen-bond donors (Lipinski definition) is 2. The fourth-order valence-corrected chi connectivity index (χ4v) is 3.54. The number of hydrogen-bond acceptors (Lipinski definition) is 2. The molecule has 134 valence electrons. The second kappa shape index (κ2) is 7.62. The van der Waals surface area contributed by atoms with Crippen LogP contribution in [0.15, 0.2) is 60.8 Å². The van der Waals surface area contributed by atoms with Gasteiger partial charge in [0.15, 0.2) is 0 Å². The second-order valence-electron chi connectivity index (χ2n) is 6.78.